The number of non-ortho nitro benzene ring substituents is 1. The summed E-state index contributed by atoms with van der Waals surface area (Å²) in [7, 11) is 0. The fourth-order valence-electron chi connectivity index (χ4n) is 3.44. The van der Waals surface area contributed by atoms with Crippen molar-refractivity contribution in [3.8, 4) is 0 Å². The number of carbonyl (C=O) groups excluding carboxylic acids is 2. The van der Waals surface area contributed by atoms with Crippen molar-refractivity contribution in [2.24, 2.45) is 5.92 Å². The van der Waals surface area contributed by atoms with Crippen LogP contribution >= 0.6 is 0 Å². The Morgan fingerprint density at radius 3 is 2.54 bits per heavy atom. The van der Waals surface area contributed by atoms with Crippen LogP contribution in [0.25, 0.3) is 0 Å². The number of hydrogen-bond acceptors (Lipinski definition) is 4. The zero-order valence-corrected chi connectivity index (χ0v) is 16.1. The minimum absolute atomic E-state index is 0.0523. The third-order valence-corrected chi connectivity index (χ3v) is 5.05. The lowest BCUT2D eigenvalue weighted by atomic mass is 10.0. The number of hydrogen-bond donors (Lipinski definition) is 1. The van der Waals surface area contributed by atoms with Crippen molar-refractivity contribution < 1.29 is 14.5 Å². The van der Waals surface area contributed by atoms with Crippen LogP contribution in [-0.2, 0) is 11.2 Å². The molecule has 7 nitrogen and oxygen atoms in total. The molecule has 1 heterocycles. The van der Waals surface area contributed by atoms with Crippen molar-refractivity contribution in [2.75, 3.05) is 11.4 Å². The highest BCUT2D eigenvalue weighted by Gasteiger charge is 2.34. The van der Waals surface area contributed by atoms with Crippen LogP contribution in [0.2, 0.25) is 0 Å². The Labute approximate surface area is 163 Å². The van der Waals surface area contributed by atoms with Crippen LogP contribution in [0.15, 0.2) is 42.5 Å². The molecule has 1 N–H and O–H groups in total. The molecule has 0 aromatic heterocycles. The molecule has 1 aliphatic heterocycles. The second kappa shape index (κ2) is 7.80. The van der Waals surface area contributed by atoms with Crippen LogP contribution in [0.1, 0.15) is 35.3 Å². The molecule has 0 fully saturated rings. The number of nitro groups is 1. The number of rotatable bonds is 5. The van der Waals surface area contributed by atoms with E-state index in [0.717, 1.165) is 11.1 Å². The first-order valence-electron chi connectivity index (χ1n) is 9.24. The van der Waals surface area contributed by atoms with E-state index in [1.54, 1.807) is 23.1 Å². The molecule has 1 aliphatic rings. The standard InChI is InChI=1S/C21H23N3O4/c1-13(2)19(22-20(25)17-7-5-4-6-14(17)3)21(26)23-11-10-15-8-9-16(24(27)28)12-18(15)23/h4-9,12-13,19H,10-11H2,1-3H3,(H,22,25). The average molecular weight is 381 g/mol. The maximum atomic E-state index is 13.2. The van der Waals surface area contributed by atoms with Crippen LogP contribution in [0.5, 0.6) is 0 Å². The van der Waals surface area contributed by atoms with E-state index >= 15 is 0 Å². The monoisotopic (exact) mass is 381 g/mol. The molecule has 2 aromatic carbocycles. The van der Waals surface area contributed by atoms with E-state index in [-0.39, 0.29) is 23.4 Å². The highest BCUT2D eigenvalue weighted by molar-refractivity contribution is 6.04. The Kier molecular flexibility index (Phi) is 5.44. The van der Waals surface area contributed by atoms with Gasteiger partial charge >= 0.3 is 0 Å². The lowest BCUT2D eigenvalue weighted by Crippen LogP contribution is -2.51. The first-order chi connectivity index (χ1) is 13.3. The van der Waals surface area contributed by atoms with Gasteiger partial charge in [-0.3, -0.25) is 19.7 Å². The van der Waals surface area contributed by atoms with Crippen LogP contribution in [0, 0.1) is 23.0 Å². The van der Waals surface area contributed by atoms with Gasteiger partial charge in [0.15, 0.2) is 0 Å². The Morgan fingerprint density at radius 1 is 1.18 bits per heavy atom. The van der Waals surface area contributed by atoms with E-state index in [0.29, 0.717) is 24.2 Å². The number of benzene rings is 2. The Hall–Kier alpha value is -3.22. The molecule has 0 aliphatic carbocycles. The number of aryl methyl sites for hydroxylation is 1. The molecule has 1 unspecified atom stereocenters. The van der Waals surface area contributed by atoms with Crippen molar-refractivity contribution in [1.82, 2.24) is 5.32 Å². The molecular formula is C21H23N3O4. The summed E-state index contributed by atoms with van der Waals surface area (Å²) in [4.78, 5) is 38.1. The van der Waals surface area contributed by atoms with Gasteiger partial charge in [0, 0.05) is 24.2 Å². The first-order valence-corrected chi connectivity index (χ1v) is 9.24. The van der Waals surface area contributed by atoms with Crippen LogP contribution in [-0.4, -0.2) is 29.3 Å². The molecule has 3 rings (SSSR count). The normalized spacial score (nSPS) is 13.9. The summed E-state index contributed by atoms with van der Waals surface area (Å²) in [6, 6.07) is 11.1. The topological polar surface area (TPSA) is 92.6 Å². The average Bonchev–Trinajstić information content (AvgIpc) is 3.08. The van der Waals surface area contributed by atoms with E-state index in [4.69, 9.17) is 0 Å². The quantitative estimate of drug-likeness (QED) is 0.636. The fourth-order valence-corrected chi connectivity index (χ4v) is 3.44. The molecule has 0 bridgehead atoms. The summed E-state index contributed by atoms with van der Waals surface area (Å²) in [6.07, 6.45) is 0.635. The summed E-state index contributed by atoms with van der Waals surface area (Å²) in [5, 5.41) is 14.0. The number of amides is 2. The van der Waals surface area contributed by atoms with Crippen molar-refractivity contribution in [1.29, 1.82) is 0 Å². The zero-order chi connectivity index (χ0) is 20.4. The zero-order valence-electron chi connectivity index (χ0n) is 16.1. The van der Waals surface area contributed by atoms with Gasteiger partial charge in [0.05, 0.1) is 10.6 Å². The van der Waals surface area contributed by atoms with Crippen LogP contribution < -0.4 is 10.2 Å². The maximum Gasteiger partial charge on any atom is 0.271 e. The van der Waals surface area contributed by atoms with E-state index in [9.17, 15) is 19.7 Å². The SMILES string of the molecule is Cc1ccccc1C(=O)NC(C(=O)N1CCc2ccc([N+](=O)[O-])cc21)C(C)C. The number of nitro benzene ring substituents is 1. The molecular weight excluding hydrogens is 358 g/mol. The first kappa shape index (κ1) is 19.5. The fraction of sp³-hybridized carbons (Fsp3) is 0.333. The highest BCUT2D eigenvalue weighted by Crippen LogP contribution is 2.32. The van der Waals surface area contributed by atoms with Gasteiger partial charge < -0.3 is 10.2 Å². The minimum Gasteiger partial charge on any atom is -0.340 e. The van der Waals surface area contributed by atoms with Crippen LogP contribution in [0.3, 0.4) is 0 Å². The molecule has 0 saturated heterocycles. The van der Waals surface area contributed by atoms with Crippen molar-refractivity contribution >= 4 is 23.2 Å². The smallest absolute Gasteiger partial charge is 0.271 e. The number of carbonyl (C=O) groups is 2. The molecule has 2 amide bonds. The predicted octanol–water partition coefficient (Wildman–Crippen LogP) is 3.25. The van der Waals surface area contributed by atoms with Gasteiger partial charge in [-0.25, -0.2) is 0 Å². The molecule has 0 saturated carbocycles. The van der Waals surface area contributed by atoms with Gasteiger partial charge in [-0.15, -0.1) is 0 Å². The Morgan fingerprint density at radius 2 is 1.89 bits per heavy atom. The van der Waals surface area contributed by atoms with E-state index in [1.807, 2.05) is 32.9 Å². The highest BCUT2D eigenvalue weighted by atomic mass is 16.6. The molecule has 1 atom stereocenters. The van der Waals surface area contributed by atoms with Gasteiger partial charge in [-0.05, 0) is 36.5 Å². The lowest BCUT2D eigenvalue weighted by molar-refractivity contribution is -0.384. The van der Waals surface area contributed by atoms with Crippen molar-refractivity contribution in [2.45, 2.75) is 33.2 Å². The number of fused-ring (bicyclic) bond motifs is 1. The molecule has 2 aromatic rings. The second-order valence-electron chi connectivity index (χ2n) is 7.32. The Balaban J connectivity index is 1.86. The van der Waals surface area contributed by atoms with Gasteiger partial charge in [-0.2, -0.15) is 0 Å². The molecule has 7 heteroatoms. The molecule has 0 radical (unpaired) electrons. The number of nitrogens with zero attached hydrogens (tertiary/aromatic N) is 2. The molecule has 146 valence electrons. The third-order valence-electron chi connectivity index (χ3n) is 5.05. The van der Waals surface area contributed by atoms with Gasteiger partial charge in [0.25, 0.3) is 11.6 Å². The Bertz CT molecular complexity index is 939. The van der Waals surface area contributed by atoms with Gasteiger partial charge in [0.1, 0.15) is 6.04 Å². The summed E-state index contributed by atoms with van der Waals surface area (Å²) in [6.45, 7) is 6.02. The van der Waals surface area contributed by atoms with Crippen molar-refractivity contribution in [3.05, 3.63) is 69.3 Å². The summed E-state index contributed by atoms with van der Waals surface area (Å²) >= 11 is 0. The predicted molar refractivity (Wildman–Crippen MR) is 106 cm³/mol. The third kappa shape index (κ3) is 3.74. The van der Waals surface area contributed by atoms with Crippen molar-refractivity contribution in [3.63, 3.8) is 0 Å². The van der Waals surface area contributed by atoms with E-state index < -0.39 is 11.0 Å². The molecule has 0 spiro atoms. The van der Waals surface area contributed by atoms with Gasteiger partial charge in [0.2, 0.25) is 5.91 Å². The minimum atomic E-state index is -0.725. The summed E-state index contributed by atoms with van der Waals surface area (Å²) in [5.41, 5.74) is 2.75. The van der Waals surface area contributed by atoms with E-state index in [2.05, 4.69) is 5.32 Å². The maximum absolute atomic E-state index is 13.2. The summed E-state index contributed by atoms with van der Waals surface area (Å²) in [5.74, 6) is -0.692. The molecule has 28 heavy (non-hydrogen) atoms. The van der Waals surface area contributed by atoms with Gasteiger partial charge in [-0.1, -0.05) is 38.1 Å². The number of anilines is 1. The summed E-state index contributed by atoms with van der Waals surface area (Å²) < 4.78 is 0. The van der Waals surface area contributed by atoms with E-state index in [1.165, 1.54) is 12.1 Å². The van der Waals surface area contributed by atoms with Crippen LogP contribution in [0.4, 0.5) is 11.4 Å². The number of nitrogens with one attached hydrogen (secondary N) is 1. The largest absolute Gasteiger partial charge is 0.340 e. The lowest BCUT2D eigenvalue weighted by Gasteiger charge is -2.27. The second-order valence-corrected chi connectivity index (χ2v) is 7.32.